The summed E-state index contributed by atoms with van der Waals surface area (Å²) in [5.74, 6) is -1.44. The van der Waals surface area contributed by atoms with Crippen LogP contribution in [0.15, 0.2) is 12.2 Å². The lowest BCUT2D eigenvalue weighted by molar-refractivity contribution is -0.142. The fraction of sp³-hybridized carbons (Fsp3) is 0.500. The van der Waals surface area contributed by atoms with Crippen molar-refractivity contribution in [3.63, 3.8) is 0 Å². The Morgan fingerprint density at radius 1 is 1.20 bits per heavy atom. The van der Waals surface area contributed by atoms with E-state index in [0.29, 0.717) is 0 Å². The first-order valence-corrected chi connectivity index (χ1v) is 5.14. The molecule has 1 aliphatic rings. The molecule has 0 spiro atoms. The number of halogens is 3. The molecule has 1 atom stereocenters. The molecule has 0 aromatic heterocycles. The lowest BCUT2D eigenvalue weighted by Crippen LogP contribution is -2.37. The topological polar surface area (TPSA) is 52.6 Å². The zero-order valence-electron chi connectivity index (χ0n) is 7.41. The van der Waals surface area contributed by atoms with Gasteiger partial charge in [-0.1, -0.05) is 23.2 Å². The van der Waals surface area contributed by atoms with Crippen LogP contribution in [0, 0.1) is 0 Å². The van der Waals surface area contributed by atoms with Crippen molar-refractivity contribution in [3.8, 4) is 0 Å². The van der Waals surface area contributed by atoms with E-state index in [9.17, 15) is 9.59 Å². The van der Waals surface area contributed by atoms with Gasteiger partial charge >= 0.3 is 11.9 Å². The molecule has 84 valence electrons. The molecule has 7 heteroatoms. The first-order valence-electron chi connectivity index (χ1n) is 3.95. The van der Waals surface area contributed by atoms with Gasteiger partial charge in [-0.2, -0.15) is 0 Å². The Morgan fingerprint density at radius 2 is 1.73 bits per heavy atom. The summed E-state index contributed by atoms with van der Waals surface area (Å²) in [6.07, 6.45) is 1.88. The minimum Gasteiger partial charge on any atom is -0.461 e. The fourth-order valence-electron chi connectivity index (χ4n) is 0.767. The van der Waals surface area contributed by atoms with Gasteiger partial charge in [0.1, 0.15) is 18.6 Å². The van der Waals surface area contributed by atoms with Crippen molar-refractivity contribution >= 4 is 46.7 Å². The smallest absolute Gasteiger partial charge is 0.331 e. The number of cyclic esters (lactones) is 2. The van der Waals surface area contributed by atoms with Crippen LogP contribution in [0.1, 0.15) is 0 Å². The third kappa shape index (κ3) is 3.89. The number of alkyl halides is 3. The van der Waals surface area contributed by atoms with Crippen molar-refractivity contribution in [2.75, 3.05) is 13.2 Å². The molecule has 1 heterocycles. The fourth-order valence-corrected chi connectivity index (χ4v) is 1.13. The largest absolute Gasteiger partial charge is 0.461 e. The Morgan fingerprint density at radius 3 is 2.33 bits per heavy atom. The minimum atomic E-state index is -1.48. The van der Waals surface area contributed by atoms with Crippen molar-refractivity contribution < 1.29 is 19.1 Å². The van der Waals surface area contributed by atoms with Crippen molar-refractivity contribution in [1.29, 1.82) is 0 Å². The van der Waals surface area contributed by atoms with Crippen LogP contribution >= 0.6 is 34.8 Å². The van der Waals surface area contributed by atoms with E-state index < -0.39 is 21.6 Å². The quantitative estimate of drug-likeness (QED) is 0.495. The summed E-state index contributed by atoms with van der Waals surface area (Å²) in [4.78, 5) is 21.9. The summed E-state index contributed by atoms with van der Waals surface area (Å²) in [5, 5.41) is -0.857. The van der Waals surface area contributed by atoms with E-state index in [0.717, 1.165) is 12.2 Å². The van der Waals surface area contributed by atoms with Gasteiger partial charge in [0.2, 0.25) is 0 Å². The van der Waals surface area contributed by atoms with Gasteiger partial charge in [-0.05, 0) is 0 Å². The molecule has 0 saturated carbocycles. The summed E-state index contributed by atoms with van der Waals surface area (Å²) >= 11 is 17.3. The Kier molecular flexibility index (Phi) is 4.25. The first kappa shape index (κ1) is 12.6. The van der Waals surface area contributed by atoms with E-state index in [1.165, 1.54) is 0 Å². The molecular weight excluding hydrogens is 266 g/mol. The van der Waals surface area contributed by atoms with Gasteiger partial charge in [0.05, 0.1) is 0 Å². The summed E-state index contributed by atoms with van der Waals surface area (Å²) in [7, 11) is 0. The second kappa shape index (κ2) is 5.05. The SMILES string of the molecule is O=C1/C=C\C(=O)OCC(Cl)(Cl)C(Cl)CO1. The highest BCUT2D eigenvalue weighted by atomic mass is 35.5. The standard InChI is InChI=1S/C8H7Cl3O4/c9-5-3-14-6(12)1-2-7(13)15-4-8(5,10)11/h1-2,5H,3-4H2/b2-1-. The van der Waals surface area contributed by atoms with Crippen molar-refractivity contribution in [3.05, 3.63) is 12.2 Å². The number of esters is 2. The lowest BCUT2D eigenvalue weighted by atomic mass is 10.3. The minimum absolute atomic E-state index is 0.157. The molecule has 15 heavy (non-hydrogen) atoms. The van der Waals surface area contributed by atoms with Crippen molar-refractivity contribution in [1.82, 2.24) is 0 Å². The van der Waals surface area contributed by atoms with Crippen LogP contribution in [0.4, 0.5) is 0 Å². The van der Waals surface area contributed by atoms with E-state index in [-0.39, 0.29) is 13.2 Å². The van der Waals surface area contributed by atoms with Gasteiger partial charge in [-0.3, -0.25) is 0 Å². The van der Waals surface area contributed by atoms with Gasteiger partial charge in [0.25, 0.3) is 0 Å². The Bertz CT molecular complexity index is 300. The molecule has 1 rings (SSSR count). The lowest BCUT2D eigenvalue weighted by Gasteiger charge is -2.24. The van der Waals surface area contributed by atoms with Crippen LogP contribution in [0.2, 0.25) is 0 Å². The highest BCUT2D eigenvalue weighted by molar-refractivity contribution is 6.52. The Labute approximate surface area is 101 Å². The normalized spacial score (nSPS) is 28.9. The highest BCUT2D eigenvalue weighted by Crippen LogP contribution is 2.30. The molecule has 0 N–H and O–H groups in total. The number of carbonyl (C=O) groups excluding carboxylic acids is 2. The van der Waals surface area contributed by atoms with Gasteiger partial charge < -0.3 is 9.47 Å². The summed E-state index contributed by atoms with van der Waals surface area (Å²) in [6, 6.07) is 0. The molecule has 1 aliphatic heterocycles. The van der Waals surface area contributed by atoms with Crippen LogP contribution in [0.25, 0.3) is 0 Å². The van der Waals surface area contributed by atoms with Gasteiger partial charge in [0, 0.05) is 12.2 Å². The molecule has 0 bridgehead atoms. The molecule has 0 aliphatic carbocycles. The molecule has 0 amide bonds. The number of carbonyl (C=O) groups is 2. The van der Waals surface area contributed by atoms with Crippen LogP contribution in [-0.2, 0) is 19.1 Å². The van der Waals surface area contributed by atoms with Crippen molar-refractivity contribution in [2.45, 2.75) is 9.71 Å². The van der Waals surface area contributed by atoms with E-state index in [1.54, 1.807) is 0 Å². The number of rotatable bonds is 0. The molecule has 0 aromatic rings. The van der Waals surface area contributed by atoms with E-state index in [1.807, 2.05) is 0 Å². The van der Waals surface area contributed by atoms with Gasteiger partial charge in [-0.15, -0.1) is 11.6 Å². The maximum atomic E-state index is 11.0. The summed E-state index contributed by atoms with van der Waals surface area (Å²) < 4.78 is 7.87. The Hall–Kier alpha value is -0.450. The number of ether oxygens (including phenoxy) is 2. The van der Waals surface area contributed by atoms with Crippen molar-refractivity contribution in [2.24, 2.45) is 0 Å². The van der Waals surface area contributed by atoms with Crippen LogP contribution in [-0.4, -0.2) is 34.9 Å². The van der Waals surface area contributed by atoms with Crippen LogP contribution in [0.3, 0.4) is 0 Å². The Balaban J connectivity index is 2.78. The second-order valence-electron chi connectivity index (χ2n) is 2.80. The van der Waals surface area contributed by atoms with Gasteiger partial charge in [0.15, 0.2) is 4.33 Å². The zero-order valence-corrected chi connectivity index (χ0v) is 9.68. The number of hydrogen-bond donors (Lipinski definition) is 0. The molecule has 1 unspecified atom stereocenters. The van der Waals surface area contributed by atoms with E-state index in [2.05, 4.69) is 9.47 Å². The maximum absolute atomic E-state index is 11.0. The highest BCUT2D eigenvalue weighted by Gasteiger charge is 2.36. The first-order chi connectivity index (χ1) is 6.92. The predicted octanol–water partition coefficient (Wildman–Crippen LogP) is 1.42. The summed E-state index contributed by atoms with van der Waals surface area (Å²) in [5.41, 5.74) is 0. The van der Waals surface area contributed by atoms with E-state index in [4.69, 9.17) is 34.8 Å². The molecule has 0 saturated heterocycles. The third-order valence-electron chi connectivity index (χ3n) is 1.59. The average molecular weight is 273 g/mol. The molecule has 4 nitrogen and oxygen atoms in total. The zero-order chi connectivity index (χ0) is 11.5. The second-order valence-corrected chi connectivity index (χ2v) is 4.87. The number of hydrogen-bond acceptors (Lipinski definition) is 4. The molecular formula is C8H7Cl3O4. The summed E-state index contributed by atoms with van der Waals surface area (Å²) in [6.45, 7) is -0.430. The predicted molar refractivity (Wildman–Crippen MR) is 55.1 cm³/mol. The third-order valence-corrected chi connectivity index (χ3v) is 3.06. The van der Waals surface area contributed by atoms with Crippen LogP contribution in [0.5, 0.6) is 0 Å². The molecule has 0 radical (unpaired) electrons. The molecule has 0 aromatic carbocycles. The van der Waals surface area contributed by atoms with Gasteiger partial charge in [-0.25, -0.2) is 9.59 Å². The van der Waals surface area contributed by atoms with Crippen LogP contribution < -0.4 is 0 Å². The van der Waals surface area contributed by atoms with E-state index >= 15 is 0 Å². The monoisotopic (exact) mass is 272 g/mol. The maximum Gasteiger partial charge on any atom is 0.331 e. The average Bonchev–Trinajstić information content (AvgIpc) is 2.18. The molecule has 0 fully saturated rings.